The highest BCUT2D eigenvalue weighted by Crippen LogP contribution is 2.28. The molecule has 0 fully saturated rings. The van der Waals surface area contributed by atoms with Gasteiger partial charge in [0.05, 0.1) is 14.2 Å². The molecule has 0 radical (unpaired) electrons. The maximum Gasteiger partial charge on any atom is 0.266 e. The molecule has 0 saturated carbocycles. The minimum atomic E-state index is -0.484. The first-order chi connectivity index (χ1) is 13.6. The Morgan fingerprint density at radius 1 is 1.11 bits per heavy atom. The van der Waals surface area contributed by atoms with Crippen LogP contribution in [0.25, 0.3) is 6.08 Å². The second-order valence-corrected chi connectivity index (χ2v) is 5.95. The smallest absolute Gasteiger partial charge is 0.266 e. The van der Waals surface area contributed by atoms with Gasteiger partial charge in [0.2, 0.25) is 0 Å². The van der Waals surface area contributed by atoms with Crippen LogP contribution in [0.3, 0.4) is 0 Å². The molecule has 0 aliphatic carbocycles. The lowest BCUT2D eigenvalue weighted by molar-refractivity contribution is -0.112. The van der Waals surface area contributed by atoms with E-state index < -0.39 is 5.91 Å². The molecule has 0 saturated heterocycles. The number of nitrogens with one attached hydrogen (secondary N) is 1. The molecule has 0 bridgehead atoms. The van der Waals surface area contributed by atoms with Gasteiger partial charge in [-0.2, -0.15) is 5.26 Å². The van der Waals surface area contributed by atoms with Gasteiger partial charge < -0.3 is 19.7 Å². The van der Waals surface area contributed by atoms with Crippen molar-refractivity contribution in [2.24, 2.45) is 0 Å². The number of benzene rings is 2. The summed E-state index contributed by atoms with van der Waals surface area (Å²) >= 11 is 0. The summed E-state index contributed by atoms with van der Waals surface area (Å²) < 4.78 is 10.6. The Kier molecular flexibility index (Phi) is 7.46. The van der Waals surface area contributed by atoms with Crippen LogP contribution in [-0.4, -0.2) is 33.2 Å². The fourth-order valence-corrected chi connectivity index (χ4v) is 2.78. The quantitative estimate of drug-likeness (QED) is 0.552. The van der Waals surface area contributed by atoms with Gasteiger partial charge >= 0.3 is 0 Å². The van der Waals surface area contributed by atoms with Gasteiger partial charge in [0.25, 0.3) is 5.91 Å². The summed E-state index contributed by atoms with van der Waals surface area (Å²) in [6.45, 7) is 5.92. The number of rotatable bonds is 8. The van der Waals surface area contributed by atoms with Gasteiger partial charge in [-0.15, -0.1) is 0 Å². The zero-order valence-electron chi connectivity index (χ0n) is 16.7. The first-order valence-corrected chi connectivity index (χ1v) is 9.06. The Morgan fingerprint density at radius 3 is 2.32 bits per heavy atom. The molecular weight excluding hydrogens is 354 g/mol. The zero-order valence-corrected chi connectivity index (χ0v) is 16.7. The van der Waals surface area contributed by atoms with E-state index in [4.69, 9.17) is 9.47 Å². The van der Waals surface area contributed by atoms with E-state index in [0.717, 1.165) is 18.8 Å². The van der Waals surface area contributed by atoms with Crippen LogP contribution in [0.2, 0.25) is 0 Å². The number of carbonyl (C=O) groups excluding carboxylic acids is 1. The van der Waals surface area contributed by atoms with E-state index in [1.165, 1.54) is 6.08 Å². The lowest BCUT2D eigenvalue weighted by Crippen LogP contribution is -2.21. The van der Waals surface area contributed by atoms with E-state index in [-0.39, 0.29) is 5.57 Å². The number of ether oxygens (including phenoxy) is 2. The number of hydrogen-bond acceptors (Lipinski definition) is 5. The average molecular weight is 379 g/mol. The Morgan fingerprint density at radius 2 is 1.79 bits per heavy atom. The molecule has 1 N–H and O–H groups in total. The second-order valence-electron chi connectivity index (χ2n) is 5.95. The van der Waals surface area contributed by atoms with E-state index in [0.29, 0.717) is 22.7 Å². The zero-order chi connectivity index (χ0) is 20.5. The molecule has 0 spiro atoms. The second kappa shape index (κ2) is 10.0. The van der Waals surface area contributed by atoms with Crippen LogP contribution < -0.4 is 19.7 Å². The first-order valence-electron chi connectivity index (χ1n) is 9.06. The molecule has 2 rings (SSSR count). The molecule has 2 aromatic carbocycles. The highest BCUT2D eigenvalue weighted by Gasteiger charge is 2.13. The summed E-state index contributed by atoms with van der Waals surface area (Å²) in [4.78, 5) is 14.7. The highest BCUT2D eigenvalue weighted by atomic mass is 16.5. The lowest BCUT2D eigenvalue weighted by Gasteiger charge is -2.22. The van der Waals surface area contributed by atoms with Crippen molar-refractivity contribution in [2.75, 3.05) is 37.5 Å². The van der Waals surface area contributed by atoms with Crippen molar-refractivity contribution >= 4 is 23.4 Å². The van der Waals surface area contributed by atoms with Crippen molar-refractivity contribution in [3.8, 4) is 17.6 Å². The van der Waals surface area contributed by atoms with E-state index >= 15 is 0 Å². The van der Waals surface area contributed by atoms with E-state index in [1.54, 1.807) is 38.5 Å². The van der Waals surface area contributed by atoms with Gasteiger partial charge in [0.1, 0.15) is 23.1 Å². The number of nitrogens with zero attached hydrogens (tertiary/aromatic N) is 2. The molecule has 6 nitrogen and oxygen atoms in total. The van der Waals surface area contributed by atoms with Crippen LogP contribution in [0.5, 0.6) is 11.5 Å². The third-order valence-corrected chi connectivity index (χ3v) is 4.36. The third kappa shape index (κ3) is 5.04. The average Bonchev–Trinajstić information content (AvgIpc) is 2.73. The van der Waals surface area contributed by atoms with Gasteiger partial charge in [-0.05, 0) is 56.3 Å². The molecule has 0 aromatic heterocycles. The molecule has 1 amide bonds. The SMILES string of the molecule is CCN(CC)c1ccc(/C=C(/C#N)C(=O)Nc2ccc(OC)cc2)c(OC)c1. The van der Waals surface area contributed by atoms with Gasteiger partial charge in [-0.1, -0.05) is 0 Å². The summed E-state index contributed by atoms with van der Waals surface area (Å²) in [5.41, 5.74) is 2.26. The molecule has 146 valence electrons. The molecule has 6 heteroatoms. The number of hydrogen-bond donors (Lipinski definition) is 1. The van der Waals surface area contributed by atoms with Gasteiger partial charge in [0, 0.05) is 36.1 Å². The molecule has 28 heavy (non-hydrogen) atoms. The van der Waals surface area contributed by atoms with Crippen LogP contribution in [0.4, 0.5) is 11.4 Å². The van der Waals surface area contributed by atoms with Crippen molar-refractivity contribution < 1.29 is 14.3 Å². The number of carbonyl (C=O) groups is 1. The number of nitriles is 1. The van der Waals surface area contributed by atoms with E-state index in [9.17, 15) is 10.1 Å². The minimum Gasteiger partial charge on any atom is -0.497 e. The number of methoxy groups -OCH3 is 2. The van der Waals surface area contributed by atoms with Crippen LogP contribution >= 0.6 is 0 Å². The standard InChI is InChI=1S/C22H25N3O3/c1-5-25(6-2)19-10-7-16(21(14-19)28-4)13-17(15-23)22(26)24-18-8-11-20(27-3)12-9-18/h7-14H,5-6H2,1-4H3,(H,24,26)/b17-13-. The fraction of sp³-hybridized carbons (Fsp3) is 0.273. The Bertz CT molecular complexity index is 879. The van der Waals surface area contributed by atoms with Gasteiger partial charge in [-0.3, -0.25) is 4.79 Å². The van der Waals surface area contributed by atoms with Crippen LogP contribution in [0, 0.1) is 11.3 Å². The topological polar surface area (TPSA) is 74.6 Å². The predicted molar refractivity (Wildman–Crippen MR) is 112 cm³/mol. The van der Waals surface area contributed by atoms with E-state index in [1.807, 2.05) is 24.3 Å². The summed E-state index contributed by atoms with van der Waals surface area (Å²) in [5, 5.41) is 12.2. The molecule has 0 atom stereocenters. The number of anilines is 2. The van der Waals surface area contributed by atoms with Gasteiger partial charge in [-0.25, -0.2) is 0 Å². The van der Waals surface area contributed by atoms with Crippen molar-refractivity contribution in [3.63, 3.8) is 0 Å². The number of amides is 1. The summed E-state index contributed by atoms with van der Waals surface area (Å²) in [6, 6.07) is 14.6. The molecule has 0 heterocycles. The Balaban J connectivity index is 2.27. The highest BCUT2D eigenvalue weighted by molar-refractivity contribution is 6.09. The van der Waals surface area contributed by atoms with Crippen molar-refractivity contribution in [1.82, 2.24) is 0 Å². The van der Waals surface area contributed by atoms with Crippen molar-refractivity contribution in [2.45, 2.75) is 13.8 Å². The minimum absolute atomic E-state index is 0.00953. The fourth-order valence-electron chi connectivity index (χ4n) is 2.78. The van der Waals surface area contributed by atoms with Crippen LogP contribution in [-0.2, 0) is 4.79 Å². The monoisotopic (exact) mass is 379 g/mol. The lowest BCUT2D eigenvalue weighted by atomic mass is 10.1. The third-order valence-electron chi connectivity index (χ3n) is 4.36. The largest absolute Gasteiger partial charge is 0.497 e. The normalized spacial score (nSPS) is 10.8. The first kappa shape index (κ1) is 20.8. The predicted octanol–water partition coefficient (Wildman–Crippen LogP) is 4.10. The van der Waals surface area contributed by atoms with Crippen molar-refractivity contribution in [3.05, 3.63) is 53.6 Å². The van der Waals surface area contributed by atoms with Gasteiger partial charge in [0.15, 0.2) is 0 Å². The van der Waals surface area contributed by atoms with Crippen LogP contribution in [0.15, 0.2) is 48.0 Å². The summed E-state index contributed by atoms with van der Waals surface area (Å²) in [5.74, 6) is 0.809. The maximum atomic E-state index is 12.5. The molecular formula is C22H25N3O3. The summed E-state index contributed by atoms with van der Waals surface area (Å²) in [7, 11) is 3.14. The Hall–Kier alpha value is -3.46. The molecule has 0 unspecified atom stereocenters. The summed E-state index contributed by atoms with van der Waals surface area (Å²) in [6.07, 6.45) is 1.53. The van der Waals surface area contributed by atoms with Crippen molar-refractivity contribution in [1.29, 1.82) is 5.26 Å². The molecule has 2 aromatic rings. The van der Waals surface area contributed by atoms with Crippen LogP contribution in [0.1, 0.15) is 19.4 Å². The molecule has 0 aliphatic rings. The molecule has 0 aliphatic heterocycles. The maximum absolute atomic E-state index is 12.5. The van der Waals surface area contributed by atoms with E-state index in [2.05, 4.69) is 24.1 Å². The Labute approximate surface area is 166 Å².